The van der Waals surface area contributed by atoms with Gasteiger partial charge in [0.15, 0.2) is 0 Å². The number of methoxy groups -OCH3 is 1. The molecule has 0 amide bonds. The van der Waals surface area contributed by atoms with Gasteiger partial charge in [0.1, 0.15) is 0 Å². The molecule has 0 heterocycles. The van der Waals surface area contributed by atoms with E-state index in [0.29, 0.717) is 12.2 Å². The minimum Gasteiger partial charge on any atom is -0.481 e. The van der Waals surface area contributed by atoms with Gasteiger partial charge in [0.2, 0.25) is 0 Å². The maximum absolute atomic E-state index is 11.3. The number of hydrogen-bond acceptors (Lipinski definition) is 4. The second-order valence-electron chi connectivity index (χ2n) is 4.97. The summed E-state index contributed by atoms with van der Waals surface area (Å²) in [5.74, 6) is -1.38. The Balaban J connectivity index is 1.98. The van der Waals surface area contributed by atoms with Crippen molar-refractivity contribution < 1.29 is 19.4 Å². The van der Waals surface area contributed by atoms with Crippen LogP contribution in [0.25, 0.3) is 10.8 Å². The zero-order valence-electron chi connectivity index (χ0n) is 12.3. The van der Waals surface area contributed by atoms with Crippen LogP contribution in [0.15, 0.2) is 47.4 Å². The number of carboxylic acid groups (broad SMARTS) is 1. The van der Waals surface area contributed by atoms with Crippen LogP contribution in [0.3, 0.4) is 0 Å². The summed E-state index contributed by atoms with van der Waals surface area (Å²) in [5, 5.41) is 11.5. The highest BCUT2D eigenvalue weighted by Crippen LogP contribution is 2.26. The number of benzene rings is 2. The van der Waals surface area contributed by atoms with E-state index in [1.54, 1.807) is 0 Å². The van der Waals surface area contributed by atoms with Crippen LogP contribution in [0.2, 0.25) is 0 Å². The van der Waals surface area contributed by atoms with Crippen LogP contribution in [0, 0.1) is 5.92 Å². The van der Waals surface area contributed by atoms with Gasteiger partial charge >= 0.3 is 11.9 Å². The smallest absolute Gasteiger partial charge is 0.307 e. The van der Waals surface area contributed by atoms with Gasteiger partial charge < -0.3 is 9.84 Å². The van der Waals surface area contributed by atoms with E-state index in [4.69, 9.17) is 0 Å². The van der Waals surface area contributed by atoms with Crippen molar-refractivity contribution in [2.24, 2.45) is 5.92 Å². The van der Waals surface area contributed by atoms with Crippen molar-refractivity contribution in [1.29, 1.82) is 0 Å². The normalized spacial score (nSPS) is 12.0. The van der Waals surface area contributed by atoms with Crippen molar-refractivity contribution >= 4 is 34.5 Å². The van der Waals surface area contributed by atoms with E-state index >= 15 is 0 Å². The summed E-state index contributed by atoms with van der Waals surface area (Å²) in [7, 11) is 1.31. The molecule has 4 nitrogen and oxygen atoms in total. The molecular formula is C17H18O4S. The zero-order valence-corrected chi connectivity index (χ0v) is 13.1. The lowest BCUT2D eigenvalue weighted by atomic mass is 10.1. The van der Waals surface area contributed by atoms with Crippen molar-refractivity contribution in [3.05, 3.63) is 42.5 Å². The number of hydrogen-bond donors (Lipinski definition) is 1. The molecule has 0 unspecified atom stereocenters. The molecule has 0 aliphatic rings. The summed E-state index contributed by atoms with van der Waals surface area (Å²) in [6, 6.07) is 14.1. The largest absolute Gasteiger partial charge is 0.481 e. The molecule has 0 saturated heterocycles. The van der Waals surface area contributed by atoms with Crippen molar-refractivity contribution in [3.8, 4) is 0 Å². The monoisotopic (exact) mass is 318 g/mol. The Labute approximate surface area is 133 Å². The highest BCUT2D eigenvalue weighted by molar-refractivity contribution is 7.99. The van der Waals surface area contributed by atoms with Gasteiger partial charge in [0.25, 0.3) is 0 Å². The number of ether oxygens (including phenoxy) is 1. The van der Waals surface area contributed by atoms with Crippen molar-refractivity contribution in [2.75, 3.05) is 12.9 Å². The minimum atomic E-state index is -0.878. The summed E-state index contributed by atoms with van der Waals surface area (Å²) < 4.78 is 4.55. The molecule has 5 heteroatoms. The molecular weight excluding hydrogens is 300 g/mol. The summed E-state index contributed by atoms with van der Waals surface area (Å²) in [5.41, 5.74) is 0. The van der Waals surface area contributed by atoms with Gasteiger partial charge in [-0.15, -0.1) is 11.8 Å². The van der Waals surface area contributed by atoms with Gasteiger partial charge in [0, 0.05) is 17.1 Å². The van der Waals surface area contributed by atoms with Gasteiger partial charge in [-0.25, -0.2) is 0 Å². The van der Waals surface area contributed by atoms with Crippen LogP contribution in [-0.4, -0.2) is 29.9 Å². The summed E-state index contributed by atoms with van der Waals surface area (Å²) in [6.45, 7) is 0. The number of thioether (sulfide) groups is 1. The number of rotatable bonds is 7. The van der Waals surface area contributed by atoms with Crippen molar-refractivity contribution in [1.82, 2.24) is 0 Å². The number of carbonyl (C=O) groups excluding carboxylic acids is 1. The van der Waals surface area contributed by atoms with Crippen LogP contribution in [0.1, 0.15) is 12.8 Å². The van der Waals surface area contributed by atoms with Gasteiger partial charge in [-0.05, 0) is 29.3 Å². The highest BCUT2D eigenvalue weighted by atomic mass is 32.2. The molecule has 0 aromatic heterocycles. The lowest BCUT2D eigenvalue weighted by Gasteiger charge is -2.11. The number of aliphatic carboxylic acids is 1. The van der Waals surface area contributed by atoms with E-state index in [-0.39, 0.29) is 12.4 Å². The number of esters is 1. The summed E-state index contributed by atoms with van der Waals surface area (Å²) in [6.07, 6.45) is 0.425. The number of carboxylic acids is 1. The third kappa shape index (κ3) is 4.49. The predicted molar refractivity (Wildman–Crippen MR) is 87.0 cm³/mol. The molecule has 0 aliphatic heterocycles. The zero-order chi connectivity index (χ0) is 15.9. The van der Waals surface area contributed by atoms with Crippen LogP contribution >= 0.6 is 11.8 Å². The fraction of sp³-hybridized carbons (Fsp3) is 0.294. The van der Waals surface area contributed by atoms with Crippen LogP contribution in [0.5, 0.6) is 0 Å². The Morgan fingerprint density at radius 2 is 1.91 bits per heavy atom. The lowest BCUT2D eigenvalue weighted by molar-refractivity contribution is -0.143. The Kier molecular flexibility index (Phi) is 5.83. The third-order valence-electron chi connectivity index (χ3n) is 3.45. The number of fused-ring (bicyclic) bond motifs is 1. The van der Waals surface area contributed by atoms with Crippen LogP contribution in [0.4, 0.5) is 0 Å². The van der Waals surface area contributed by atoms with E-state index in [1.807, 2.05) is 36.4 Å². The first-order chi connectivity index (χ1) is 10.6. The second-order valence-corrected chi connectivity index (χ2v) is 6.06. The average Bonchev–Trinajstić information content (AvgIpc) is 2.54. The molecule has 1 N–H and O–H groups in total. The molecule has 0 spiro atoms. The molecule has 2 rings (SSSR count). The van der Waals surface area contributed by atoms with Gasteiger partial charge in [-0.1, -0.05) is 30.3 Å². The first-order valence-electron chi connectivity index (χ1n) is 7.01. The Hall–Kier alpha value is -2.01. The van der Waals surface area contributed by atoms with E-state index in [2.05, 4.69) is 10.8 Å². The first-order valence-corrected chi connectivity index (χ1v) is 8.00. The molecule has 22 heavy (non-hydrogen) atoms. The van der Waals surface area contributed by atoms with Gasteiger partial charge in [-0.3, -0.25) is 9.59 Å². The fourth-order valence-electron chi connectivity index (χ4n) is 2.13. The standard InChI is InChI=1S/C17H18O4S/c1-21-16(18)9-7-14(17(19)20)11-22-15-8-6-12-4-2-3-5-13(12)10-15/h2-6,8,10,14H,7,9,11H2,1H3,(H,19,20)/t14-/m0/s1. The summed E-state index contributed by atoms with van der Waals surface area (Å²) in [4.78, 5) is 23.4. The minimum absolute atomic E-state index is 0.131. The van der Waals surface area contributed by atoms with E-state index in [1.165, 1.54) is 18.9 Å². The molecule has 2 aromatic rings. The molecule has 0 radical (unpaired) electrons. The van der Waals surface area contributed by atoms with E-state index in [0.717, 1.165) is 15.7 Å². The molecule has 0 saturated carbocycles. The second kappa shape index (κ2) is 7.84. The molecule has 0 aliphatic carbocycles. The maximum atomic E-state index is 11.3. The topological polar surface area (TPSA) is 63.6 Å². The van der Waals surface area contributed by atoms with E-state index < -0.39 is 11.9 Å². The average molecular weight is 318 g/mol. The Morgan fingerprint density at radius 1 is 1.18 bits per heavy atom. The Morgan fingerprint density at radius 3 is 2.59 bits per heavy atom. The predicted octanol–water partition coefficient (Wildman–Crippen LogP) is 3.59. The van der Waals surface area contributed by atoms with E-state index in [9.17, 15) is 14.7 Å². The van der Waals surface area contributed by atoms with Crippen molar-refractivity contribution in [2.45, 2.75) is 17.7 Å². The van der Waals surface area contributed by atoms with Gasteiger partial charge in [0.05, 0.1) is 13.0 Å². The van der Waals surface area contributed by atoms with Gasteiger partial charge in [-0.2, -0.15) is 0 Å². The highest BCUT2D eigenvalue weighted by Gasteiger charge is 2.19. The maximum Gasteiger partial charge on any atom is 0.307 e. The Bertz CT molecular complexity index is 669. The molecule has 116 valence electrons. The molecule has 0 fully saturated rings. The first kappa shape index (κ1) is 16.4. The fourth-order valence-corrected chi connectivity index (χ4v) is 3.20. The molecule has 0 bridgehead atoms. The number of carbonyl (C=O) groups is 2. The summed E-state index contributed by atoms with van der Waals surface area (Å²) >= 11 is 1.50. The quantitative estimate of drug-likeness (QED) is 0.624. The van der Waals surface area contributed by atoms with Crippen LogP contribution in [-0.2, 0) is 14.3 Å². The SMILES string of the molecule is COC(=O)CC[C@@H](CSc1ccc2ccccc2c1)C(=O)O. The lowest BCUT2D eigenvalue weighted by Crippen LogP contribution is -2.18. The molecule has 2 aromatic carbocycles. The van der Waals surface area contributed by atoms with Crippen LogP contribution < -0.4 is 0 Å². The van der Waals surface area contributed by atoms with Crippen molar-refractivity contribution in [3.63, 3.8) is 0 Å². The molecule has 1 atom stereocenters. The third-order valence-corrected chi connectivity index (χ3v) is 4.60.